The van der Waals surface area contributed by atoms with Gasteiger partial charge in [-0.05, 0) is 48.7 Å². The summed E-state index contributed by atoms with van der Waals surface area (Å²) < 4.78 is 7.29. The number of carbonyl (C=O) groups excluding carboxylic acids is 1. The number of amides is 1. The molecule has 7 heteroatoms. The Labute approximate surface area is 170 Å². The van der Waals surface area contributed by atoms with Gasteiger partial charge in [0.25, 0.3) is 5.91 Å². The number of benzene rings is 2. The molecular weight excluding hydrogens is 366 g/mol. The third kappa shape index (κ3) is 4.63. The van der Waals surface area contributed by atoms with Crippen molar-refractivity contribution in [2.45, 2.75) is 26.9 Å². The Bertz CT molecular complexity index is 1010. The minimum atomic E-state index is -0.104. The van der Waals surface area contributed by atoms with Gasteiger partial charge < -0.3 is 10.1 Å². The largest absolute Gasteiger partial charge is 0.379 e. The van der Waals surface area contributed by atoms with Crippen LogP contribution in [0.15, 0.2) is 36.4 Å². The van der Waals surface area contributed by atoms with E-state index in [1.54, 1.807) is 0 Å². The topological polar surface area (TPSA) is 72.3 Å². The highest BCUT2D eigenvalue weighted by atomic mass is 16.5. The number of fused-ring (bicyclic) bond motifs is 1. The molecule has 1 N–H and O–H groups in total. The molecule has 0 spiro atoms. The molecule has 1 fully saturated rings. The molecule has 1 aliphatic rings. The van der Waals surface area contributed by atoms with Gasteiger partial charge in [-0.15, -0.1) is 5.10 Å². The molecule has 0 aliphatic carbocycles. The third-order valence-electron chi connectivity index (χ3n) is 5.53. The molecule has 29 heavy (non-hydrogen) atoms. The number of carbonyl (C=O) groups is 1. The molecule has 4 rings (SSSR count). The smallest absolute Gasteiger partial charge is 0.251 e. The number of hydrogen-bond donors (Lipinski definition) is 1. The number of aromatic nitrogens is 3. The minimum absolute atomic E-state index is 0.104. The minimum Gasteiger partial charge on any atom is -0.379 e. The Balaban J connectivity index is 1.39. The van der Waals surface area contributed by atoms with Crippen LogP contribution in [0.5, 0.6) is 0 Å². The fourth-order valence-corrected chi connectivity index (χ4v) is 3.54. The number of ether oxygens (including phenoxy) is 1. The van der Waals surface area contributed by atoms with E-state index in [0.29, 0.717) is 12.1 Å². The van der Waals surface area contributed by atoms with Crippen molar-refractivity contribution >= 4 is 16.9 Å². The van der Waals surface area contributed by atoms with Crippen LogP contribution < -0.4 is 5.32 Å². The molecule has 7 nitrogen and oxygen atoms in total. The lowest BCUT2D eigenvalue weighted by Crippen LogP contribution is -2.38. The second-order valence-corrected chi connectivity index (χ2v) is 7.57. The Morgan fingerprint density at radius 1 is 1.07 bits per heavy atom. The molecular formula is C22H27N5O2. The molecule has 0 atom stereocenters. The zero-order chi connectivity index (χ0) is 20.2. The Morgan fingerprint density at radius 3 is 2.69 bits per heavy atom. The maximum atomic E-state index is 12.6. The summed E-state index contributed by atoms with van der Waals surface area (Å²) >= 11 is 0. The van der Waals surface area contributed by atoms with Gasteiger partial charge in [0, 0.05) is 31.7 Å². The number of hydrogen-bond acceptors (Lipinski definition) is 5. The maximum absolute atomic E-state index is 12.6. The highest BCUT2D eigenvalue weighted by Crippen LogP contribution is 2.15. The molecule has 3 aromatic rings. The van der Waals surface area contributed by atoms with Gasteiger partial charge in [0.1, 0.15) is 5.52 Å². The van der Waals surface area contributed by atoms with E-state index in [4.69, 9.17) is 4.74 Å². The van der Waals surface area contributed by atoms with Crippen LogP contribution in [0.25, 0.3) is 11.0 Å². The molecule has 1 saturated heterocycles. The third-order valence-corrected chi connectivity index (χ3v) is 5.53. The van der Waals surface area contributed by atoms with Gasteiger partial charge in [0.15, 0.2) is 0 Å². The van der Waals surface area contributed by atoms with Crippen LogP contribution in [0.1, 0.15) is 27.0 Å². The summed E-state index contributed by atoms with van der Waals surface area (Å²) in [6.45, 7) is 9.85. The fraction of sp³-hybridized carbons (Fsp3) is 0.409. The molecule has 2 heterocycles. The van der Waals surface area contributed by atoms with E-state index in [1.807, 2.05) is 28.9 Å². The van der Waals surface area contributed by atoms with E-state index in [0.717, 1.165) is 56.0 Å². The van der Waals surface area contributed by atoms with Crippen molar-refractivity contribution in [3.63, 3.8) is 0 Å². The Hall–Kier alpha value is -2.77. The van der Waals surface area contributed by atoms with Gasteiger partial charge in [-0.2, -0.15) is 0 Å². The van der Waals surface area contributed by atoms with Gasteiger partial charge in [0.2, 0.25) is 0 Å². The lowest BCUT2D eigenvalue weighted by molar-refractivity contribution is 0.0360. The summed E-state index contributed by atoms with van der Waals surface area (Å²) in [6.07, 6.45) is 0. The molecule has 0 saturated carbocycles. The van der Waals surface area contributed by atoms with Crippen LogP contribution in [0.2, 0.25) is 0 Å². The van der Waals surface area contributed by atoms with Gasteiger partial charge in [-0.3, -0.25) is 9.69 Å². The molecule has 0 radical (unpaired) electrons. The van der Waals surface area contributed by atoms with Crippen LogP contribution in [0.3, 0.4) is 0 Å². The predicted octanol–water partition coefficient (Wildman–Crippen LogP) is 2.31. The average molecular weight is 393 g/mol. The van der Waals surface area contributed by atoms with Gasteiger partial charge in [-0.25, -0.2) is 4.68 Å². The van der Waals surface area contributed by atoms with Crippen LogP contribution in [-0.4, -0.2) is 58.6 Å². The van der Waals surface area contributed by atoms with Gasteiger partial charge >= 0.3 is 0 Å². The maximum Gasteiger partial charge on any atom is 0.251 e. The summed E-state index contributed by atoms with van der Waals surface area (Å²) in [4.78, 5) is 14.9. The van der Waals surface area contributed by atoms with Gasteiger partial charge in [0.05, 0.1) is 25.3 Å². The summed E-state index contributed by atoms with van der Waals surface area (Å²) in [5.41, 5.74) is 5.86. The monoisotopic (exact) mass is 393 g/mol. The first-order chi connectivity index (χ1) is 14.1. The van der Waals surface area contributed by atoms with E-state index < -0.39 is 0 Å². The van der Waals surface area contributed by atoms with E-state index in [-0.39, 0.29) is 5.91 Å². The SMILES string of the molecule is Cc1ccc(CNC(=O)c2ccc3c(c2)nnn3CCN2CCOCC2)cc1C. The van der Waals surface area contributed by atoms with Crippen LogP contribution in [-0.2, 0) is 17.8 Å². The average Bonchev–Trinajstić information content (AvgIpc) is 3.16. The standard InChI is InChI=1S/C22H27N5O2/c1-16-3-4-18(13-17(16)2)15-23-22(28)19-5-6-21-20(14-19)24-25-27(21)8-7-26-9-11-29-12-10-26/h3-6,13-14H,7-12,15H2,1-2H3,(H,23,28). The highest BCUT2D eigenvalue weighted by molar-refractivity contribution is 5.97. The normalized spacial score (nSPS) is 15.0. The quantitative estimate of drug-likeness (QED) is 0.696. The lowest BCUT2D eigenvalue weighted by atomic mass is 10.1. The molecule has 1 aliphatic heterocycles. The first-order valence-corrected chi connectivity index (χ1v) is 10.1. The summed E-state index contributed by atoms with van der Waals surface area (Å²) in [6, 6.07) is 11.8. The van der Waals surface area contributed by atoms with E-state index in [9.17, 15) is 4.79 Å². The van der Waals surface area contributed by atoms with Crippen molar-refractivity contribution in [1.29, 1.82) is 0 Å². The van der Waals surface area contributed by atoms with Crippen molar-refractivity contribution in [3.05, 3.63) is 58.7 Å². The molecule has 1 aromatic heterocycles. The van der Waals surface area contributed by atoms with Crippen molar-refractivity contribution < 1.29 is 9.53 Å². The highest BCUT2D eigenvalue weighted by Gasteiger charge is 2.13. The van der Waals surface area contributed by atoms with Crippen molar-refractivity contribution in [1.82, 2.24) is 25.2 Å². The molecule has 0 unspecified atom stereocenters. The Morgan fingerprint density at radius 2 is 1.90 bits per heavy atom. The number of aryl methyl sites for hydroxylation is 2. The van der Waals surface area contributed by atoms with E-state index >= 15 is 0 Å². The van der Waals surface area contributed by atoms with Crippen LogP contribution in [0, 0.1) is 13.8 Å². The number of nitrogens with zero attached hydrogens (tertiary/aromatic N) is 4. The predicted molar refractivity (Wildman–Crippen MR) is 112 cm³/mol. The van der Waals surface area contributed by atoms with Crippen LogP contribution >= 0.6 is 0 Å². The lowest BCUT2D eigenvalue weighted by Gasteiger charge is -2.26. The zero-order valence-corrected chi connectivity index (χ0v) is 17.0. The molecule has 152 valence electrons. The van der Waals surface area contributed by atoms with Crippen molar-refractivity contribution in [2.24, 2.45) is 0 Å². The Kier molecular flexibility index (Phi) is 5.87. The second kappa shape index (κ2) is 8.71. The van der Waals surface area contributed by atoms with E-state index in [2.05, 4.69) is 46.5 Å². The molecule has 1 amide bonds. The summed E-state index contributed by atoms with van der Waals surface area (Å²) in [5, 5.41) is 11.5. The van der Waals surface area contributed by atoms with Crippen molar-refractivity contribution in [2.75, 3.05) is 32.8 Å². The van der Waals surface area contributed by atoms with Gasteiger partial charge in [-0.1, -0.05) is 23.4 Å². The molecule has 0 bridgehead atoms. The second-order valence-electron chi connectivity index (χ2n) is 7.57. The molecule has 2 aromatic carbocycles. The fourth-order valence-electron chi connectivity index (χ4n) is 3.54. The van der Waals surface area contributed by atoms with Crippen LogP contribution in [0.4, 0.5) is 0 Å². The summed E-state index contributed by atoms with van der Waals surface area (Å²) in [7, 11) is 0. The summed E-state index contributed by atoms with van der Waals surface area (Å²) in [5.74, 6) is -0.104. The zero-order valence-electron chi connectivity index (χ0n) is 17.0. The number of rotatable bonds is 6. The number of nitrogens with one attached hydrogen (secondary N) is 1. The number of morpholine rings is 1. The van der Waals surface area contributed by atoms with Crippen molar-refractivity contribution in [3.8, 4) is 0 Å². The first-order valence-electron chi connectivity index (χ1n) is 10.1. The first kappa shape index (κ1) is 19.5. The van der Waals surface area contributed by atoms with E-state index in [1.165, 1.54) is 11.1 Å².